The van der Waals surface area contributed by atoms with Crippen LogP contribution in [0, 0.1) is 0 Å². The largest absolute Gasteiger partial charge is 0.494 e. The lowest BCUT2D eigenvalue weighted by Crippen LogP contribution is -2.39. The maximum atomic E-state index is 13.3. The van der Waals surface area contributed by atoms with Gasteiger partial charge in [0, 0.05) is 48.3 Å². The third-order valence-corrected chi connectivity index (χ3v) is 7.86. The lowest BCUT2D eigenvalue weighted by Gasteiger charge is -2.27. The number of thiazole rings is 1. The van der Waals surface area contributed by atoms with Crippen molar-refractivity contribution in [3.63, 3.8) is 0 Å². The number of nitrogens with zero attached hydrogens (tertiary/aromatic N) is 3. The first-order chi connectivity index (χ1) is 16.6. The van der Waals surface area contributed by atoms with E-state index in [0.717, 1.165) is 70.3 Å². The molecule has 1 saturated heterocycles. The Morgan fingerprint density at radius 3 is 2.79 bits per heavy atom. The molecule has 4 rings (SSSR count). The van der Waals surface area contributed by atoms with Gasteiger partial charge in [-0.05, 0) is 55.8 Å². The number of aromatic nitrogens is 1. The summed E-state index contributed by atoms with van der Waals surface area (Å²) in [5.74, 6) is 1.64. The van der Waals surface area contributed by atoms with Crippen molar-refractivity contribution in [2.24, 2.45) is 0 Å². The van der Waals surface area contributed by atoms with Gasteiger partial charge in [-0.3, -0.25) is 14.6 Å². The molecule has 2 heterocycles. The summed E-state index contributed by atoms with van der Waals surface area (Å²) in [4.78, 5) is 23.5. The van der Waals surface area contributed by atoms with E-state index >= 15 is 0 Å². The zero-order valence-electron chi connectivity index (χ0n) is 19.4. The van der Waals surface area contributed by atoms with Crippen LogP contribution < -0.4 is 9.64 Å². The summed E-state index contributed by atoms with van der Waals surface area (Å²) in [5, 5.41) is 1.47. The van der Waals surface area contributed by atoms with Gasteiger partial charge in [-0.1, -0.05) is 22.9 Å². The Morgan fingerprint density at radius 1 is 1.24 bits per heavy atom. The van der Waals surface area contributed by atoms with Crippen molar-refractivity contribution in [1.82, 2.24) is 9.88 Å². The zero-order chi connectivity index (χ0) is 23.8. The lowest BCUT2D eigenvalue weighted by molar-refractivity contribution is -0.118. The highest BCUT2D eigenvalue weighted by atomic mass is 35.5. The molecule has 34 heavy (non-hydrogen) atoms. The molecule has 6 nitrogen and oxygen atoms in total. The van der Waals surface area contributed by atoms with Gasteiger partial charge in [-0.2, -0.15) is 0 Å². The molecule has 3 aromatic rings. The SMILES string of the molecule is CCOc1ccc2nc(N(CCCN3CCOCC3)C(=O)CCSc3ccc(Cl)cc3)sc2c1. The van der Waals surface area contributed by atoms with E-state index < -0.39 is 0 Å². The molecule has 0 saturated carbocycles. The smallest absolute Gasteiger partial charge is 0.229 e. The van der Waals surface area contributed by atoms with E-state index in [2.05, 4.69) is 4.90 Å². The molecule has 1 fully saturated rings. The predicted molar refractivity (Wildman–Crippen MR) is 142 cm³/mol. The summed E-state index contributed by atoms with van der Waals surface area (Å²) in [7, 11) is 0. The van der Waals surface area contributed by atoms with Gasteiger partial charge in [0.05, 0.1) is 30.0 Å². The first kappa shape index (κ1) is 25.3. The van der Waals surface area contributed by atoms with Crippen molar-refractivity contribution in [2.45, 2.75) is 24.7 Å². The Bertz CT molecular complexity index is 1070. The van der Waals surface area contributed by atoms with E-state index in [1.54, 1.807) is 23.1 Å². The molecule has 0 atom stereocenters. The molecule has 0 aliphatic carbocycles. The summed E-state index contributed by atoms with van der Waals surface area (Å²) in [6.07, 6.45) is 1.35. The molecule has 2 aromatic carbocycles. The number of thioether (sulfide) groups is 1. The van der Waals surface area contributed by atoms with Crippen LogP contribution in [0.2, 0.25) is 5.02 Å². The van der Waals surface area contributed by atoms with E-state index in [9.17, 15) is 4.79 Å². The number of morpholine rings is 1. The molecule has 0 spiro atoms. The van der Waals surface area contributed by atoms with Gasteiger partial charge in [0.2, 0.25) is 5.91 Å². The average Bonchev–Trinajstić information content (AvgIpc) is 3.27. The molecular formula is C25H30ClN3O3S2. The van der Waals surface area contributed by atoms with Crippen molar-refractivity contribution < 1.29 is 14.3 Å². The summed E-state index contributed by atoms with van der Waals surface area (Å²) in [6.45, 7) is 7.66. The number of benzene rings is 2. The van der Waals surface area contributed by atoms with Crippen LogP contribution >= 0.6 is 34.7 Å². The molecule has 0 radical (unpaired) electrons. The molecule has 1 aromatic heterocycles. The number of ether oxygens (including phenoxy) is 2. The van der Waals surface area contributed by atoms with Crippen molar-refractivity contribution >= 4 is 56.0 Å². The predicted octanol–water partition coefficient (Wildman–Crippen LogP) is 5.59. The fourth-order valence-electron chi connectivity index (χ4n) is 3.79. The molecule has 1 aliphatic rings. The van der Waals surface area contributed by atoms with Crippen LogP contribution in [0.1, 0.15) is 19.8 Å². The molecule has 1 amide bonds. The minimum absolute atomic E-state index is 0.104. The Kier molecular flexibility index (Phi) is 9.47. The van der Waals surface area contributed by atoms with E-state index in [4.69, 9.17) is 26.1 Å². The number of carbonyl (C=O) groups excluding carboxylic acids is 1. The Hall–Kier alpha value is -1.84. The summed E-state index contributed by atoms with van der Waals surface area (Å²) >= 11 is 9.19. The van der Waals surface area contributed by atoms with E-state index in [-0.39, 0.29) is 5.91 Å². The maximum Gasteiger partial charge on any atom is 0.229 e. The Balaban J connectivity index is 1.43. The number of hydrogen-bond donors (Lipinski definition) is 0. The number of hydrogen-bond acceptors (Lipinski definition) is 7. The van der Waals surface area contributed by atoms with Gasteiger partial charge in [-0.25, -0.2) is 4.98 Å². The molecule has 0 N–H and O–H groups in total. The molecule has 0 unspecified atom stereocenters. The minimum atomic E-state index is 0.104. The molecule has 9 heteroatoms. The second kappa shape index (κ2) is 12.7. The molecular weight excluding hydrogens is 490 g/mol. The standard InChI is InChI=1S/C25H30ClN3O3S2/c1-2-32-20-6-9-22-23(18-20)34-25(27-22)29(12-3-11-28-13-15-31-16-14-28)24(30)10-17-33-21-7-4-19(26)5-8-21/h4-9,18H,2-3,10-17H2,1H3. The highest BCUT2D eigenvalue weighted by molar-refractivity contribution is 7.99. The normalized spacial score (nSPS) is 14.4. The van der Waals surface area contributed by atoms with Crippen molar-refractivity contribution in [2.75, 3.05) is 56.7 Å². The van der Waals surface area contributed by atoms with E-state index in [0.29, 0.717) is 25.3 Å². The van der Waals surface area contributed by atoms with E-state index in [1.807, 2.05) is 54.3 Å². The lowest BCUT2D eigenvalue weighted by atomic mass is 10.3. The van der Waals surface area contributed by atoms with Gasteiger partial charge in [0.1, 0.15) is 5.75 Å². The van der Waals surface area contributed by atoms with Crippen LogP contribution in [0.15, 0.2) is 47.4 Å². The zero-order valence-corrected chi connectivity index (χ0v) is 21.8. The van der Waals surface area contributed by atoms with Crippen LogP contribution in [-0.4, -0.2) is 67.5 Å². The van der Waals surface area contributed by atoms with Crippen LogP contribution in [-0.2, 0) is 9.53 Å². The first-order valence-corrected chi connectivity index (χ1v) is 13.8. The van der Waals surface area contributed by atoms with Crippen LogP contribution in [0.5, 0.6) is 5.75 Å². The number of anilines is 1. The minimum Gasteiger partial charge on any atom is -0.494 e. The quantitative estimate of drug-likeness (QED) is 0.308. The number of halogens is 1. The topological polar surface area (TPSA) is 54.9 Å². The number of fused-ring (bicyclic) bond motifs is 1. The van der Waals surface area contributed by atoms with E-state index in [1.165, 1.54) is 0 Å². The fourth-order valence-corrected chi connectivity index (χ4v) is 5.80. The number of amides is 1. The summed E-state index contributed by atoms with van der Waals surface area (Å²) in [6, 6.07) is 13.6. The van der Waals surface area contributed by atoms with Gasteiger partial charge < -0.3 is 9.47 Å². The van der Waals surface area contributed by atoms with Crippen molar-refractivity contribution in [1.29, 1.82) is 0 Å². The van der Waals surface area contributed by atoms with Gasteiger partial charge >= 0.3 is 0 Å². The monoisotopic (exact) mass is 519 g/mol. The van der Waals surface area contributed by atoms with Gasteiger partial charge in [0.25, 0.3) is 0 Å². The van der Waals surface area contributed by atoms with Crippen molar-refractivity contribution in [3.8, 4) is 5.75 Å². The third-order valence-electron chi connectivity index (χ3n) is 5.55. The van der Waals surface area contributed by atoms with Crippen LogP contribution in [0.25, 0.3) is 10.2 Å². The highest BCUT2D eigenvalue weighted by Gasteiger charge is 2.20. The third kappa shape index (κ3) is 7.09. The number of rotatable bonds is 11. The van der Waals surface area contributed by atoms with Crippen molar-refractivity contribution in [3.05, 3.63) is 47.5 Å². The average molecular weight is 520 g/mol. The van der Waals surface area contributed by atoms with Crippen LogP contribution in [0.3, 0.4) is 0 Å². The Morgan fingerprint density at radius 2 is 2.03 bits per heavy atom. The highest BCUT2D eigenvalue weighted by Crippen LogP contribution is 2.32. The fraction of sp³-hybridized carbons (Fsp3) is 0.440. The second-order valence-electron chi connectivity index (χ2n) is 7.96. The first-order valence-electron chi connectivity index (χ1n) is 11.6. The summed E-state index contributed by atoms with van der Waals surface area (Å²) in [5.41, 5.74) is 0.893. The molecule has 182 valence electrons. The summed E-state index contributed by atoms with van der Waals surface area (Å²) < 4.78 is 12.1. The second-order valence-corrected chi connectivity index (χ2v) is 10.6. The van der Waals surface area contributed by atoms with Gasteiger partial charge in [0.15, 0.2) is 5.13 Å². The molecule has 0 bridgehead atoms. The van der Waals surface area contributed by atoms with Crippen LogP contribution in [0.4, 0.5) is 5.13 Å². The molecule has 1 aliphatic heterocycles. The number of carbonyl (C=O) groups is 1. The van der Waals surface area contributed by atoms with Gasteiger partial charge in [-0.15, -0.1) is 11.8 Å². The maximum absolute atomic E-state index is 13.3. The Labute approximate surface area is 214 Å².